The molecule has 0 heterocycles. The summed E-state index contributed by atoms with van der Waals surface area (Å²) in [5, 5.41) is 2.78. The number of benzene rings is 3. The summed E-state index contributed by atoms with van der Waals surface area (Å²) in [5.41, 5.74) is 0.948. The summed E-state index contributed by atoms with van der Waals surface area (Å²) in [6.45, 7) is -0.398. The highest BCUT2D eigenvalue weighted by Gasteiger charge is 2.12. The van der Waals surface area contributed by atoms with E-state index in [0.717, 1.165) is 9.79 Å². The maximum absolute atomic E-state index is 12.3. The number of para-hydroxylation sites is 1. The Hall–Kier alpha value is -2.90. The summed E-state index contributed by atoms with van der Waals surface area (Å²) in [6.07, 6.45) is 1.56. The van der Waals surface area contributed by atoms with Gasteiger partial charge in [0.05, 0.1) is 11.3 Å². The molecule has 3 aromatic carbocycles. The second-order valence-electron chi connectivity index (χ2n) is 6.01. The number of ether oxygens (including phenoxy) is 1. The second kappa shape index (κ2) is 10.0. The van der Waals surface area contributed by atoms with Crippen LogP contribution in [0.15, 0.2) is 93.5 Å². The molecule has 0 aromatic heterocycles. The lowest BCUT2D eigenvalue weighted by Gasteiger charge is -2.11. The molecule has 1 amide bonds. The molecule has 1 unspecified atom stereocenters. The highest BCUT2D eigenvalue weighted by molar-refractivity contribution is 7.99. The standard InChI is InChI=1S/C22H19NO4S2/c1-29(26)18-13-11-16(12-14-18)22(25)27-15-21(24)23-19-9-5-6-10-20(19)28-17-7-3-2-4-8-17/h2-14H,15H2,1H3,(H,23,24). The maximum atomic E-state index is 12.3. The van der Waals surface area contributed by atoms with Gasteiger partial charge in [0.1, 0.15) is 0 Å². The van der Waals surface area contributed by atoms with E-state index in [2.05, 4.69) is 5.32 Å². The topological polar surface area (TPSA) is 72.5 Å². The van der Waals surface area contributed by atoms with Crippen LogP contribution < -0.4 is 5.32 Å². The number of hydrogen-bond acceptors (Lipinski definition) is 5. The summed E-state index contributed by atoms with van der Waals surface area (Å²) in [4.78, 5) is 26.9. The minimum Gasteiger partial charge on any atom is -0.452 e. The van der Waals surface area contributed by atoms with Gasteiger partial charge in [0.15, 0.2) is 6.61 Å². The highest BCUT2D eigenvalue weighted by Crippen LogP contribution is 2.33. The van der Waals surface area contributed by atoms with Crippen LogP contribution >= 0.6 is 11.8 Å². The molecule has 3 rings (SSSR count). The van der Waals surface area contributed by atoms with Gasteiger partial charge in [-0.25, -0.2) is 4.79 Å². The summed E-state index contributed by atoms with van der Waals surface area (Å²) in [7, 11) is -1.12. The van der Waals surface area contributed by atoms with Crippen LogP contribution in [-0.4, -0.2) is 28.9 Å². The Bertz CT molecular complexity index is 1020. The lowest BCUT2D eigenvalue weighted by molar-refractivity contribution is -0.119. The van der Waals surface area contributed by atoms with Crippen LogP contribution in [0.1, 0.15) is 10.4 Å². The first-order chi connectivity index (χ1) is 14.0. The third-order valence-electron chi connectivity index (χ3n) is 3.89. The number of carbonyl (C=O) groups is 2. The Morgan fingerprint density at radius 2 is 1.59 bits per heavy atom. The van der Waals surface area contributed by atoms with Crippen molar-refractivity contribution in [3.63, 3.8) is 0 Å². The van der Waals surface area contributed by atoms with Crippen LogP contribution in [-0.2, 0) is 20.3 Å². The molecule has 0 aliphatic heterocycles. The number of hydrogen-bond donors (Lipinski definition) is 1. The molecule has 0 aliphatic rings. The number of esters is 1. The molecule has 0 spiro atoms. The molecule has 0 saturated carbocycles. The van der Waals surface area contributed by atoms with E-state index in [1.54, 1.807) is 24.5 Å². The Balaban J connectivity index is 1.58. The number of amides is 1. The molecule has 0 bridgehead atoms. The van der Waals surface area contributed by atoms with Crippen LogP contribution in [0.4, 0.5) is 5.69 Å². The van der Waals surface area contributed by atoms with Crippen molar-refractivity contribution in [3.05, 3.63) is 84.4 Å². The monoisotopic (exact) mass is 425 g/mol. The van der Waals surface area contributed by atoms with Crippen molar-refractivity contribution >= 4 is 40.1 Å². The van der Waals surface area contributed by atoms with Gasteiger partial charge in [0.2, 0.25) is 0 Å². The Kier molecular flexibility index (Phi) is 7.21. The van der Waals surface area contributed by atoms with Gasteiger partial charge in [0.25, 0.3) is 5.91 Å². The fourth-order valence-electron chi connectivity index (χ4n) is 2.46. The maximum Gasteiger partial charge on any atom is 0.338 e. The minimum atomic E-state index is -1.12. The zero-order chi connectivity index (χ0) is 20.6. The fraction of sp³-hybridized carbons (Fsp3) is 0.0909. The van der Waals surface area contributed by atoms with Crippen molar-refractivity contribution in [1.29, 1.82) is 0 Å². The van der Waals surface area contributed by atoms with Gasteiger partial charge in [0, 0.05) is 31.7 Å². The van der Waals surface area contributed by atoms with Crippen LogP contribution in [0.5, 0.6) is 0 Å². The van der Waals surface area contributed by atoms with Gasteiger partial charge in [-0.05, 0) is 48.5 Å². The van der Waals surface area contributed by atoms with Gasteiger partial charge in [-0.15, -0.1) is 0 Å². The summed E-state index contributed by atoms with van der Waals surface area (Å²) >= 11 is 1.53. The number of rotatable bonds is 7. The summed E-state index contributed by atoms with van der Waals surface area (Å²) in [6, 6.07) is 23.5. The van der Waals surface area contributed by atoms with E-state index in [-0.39, 0.29) is 0 Å². The van der Waals surface area contributed by atoms with Crippen molar-refractivity contribution in [2.24, 2.45) is 0 Å². The third-order valence-corrected chi connectivity index (χ3v) is 5.91. The molecule has 0 aliphatic carbocycles. The Labute approximate surface area is 175 Å². The Morgan fingerprint density at radius 3 is 2.28 bits per heavy atom. The van der Waals surface area contributed by atoms with Crippen molar-refractivity contribution in [2.45, 2.75) is 14.7 Å². The van der Waals surface area contributed by atoms with E-state index in [9.17, 15) is 13.8 Å². The van der Waals surface area contributed by atoms with E-state index in [1.165, 1.54) is 23.9 Å². The molecule has 0 saturated heterocycles. The quantitative estimate of drug-likeness (QED) is 0.569. The van der Waals surface area contributed by atoms with Gasteiger partial charge in [-0.2, -0.15) is 0 Å². The second-order valence-corrected chi connectivity index (χ2v) is 8.51. The van der Waals surface area contributed by atoms with Gasteiger partial charge >= 0.3 is 5.97 Å². The number of carbonyl (C=O) groups excluding carboxylic acids is 2. The fourth-order valence-corrected chi connectivity index (χ4v) is 3.90. The van der Waals surface area contributed by atoms with Crippen LogP contribution in [0.3, 0.4) is 0 Å². The van der Waals surface area contributed by atoms with Gasteiger partial charge in [-0.1, -0.05) is 42.1 Å². The predicted molar refractivity (Wildman–Crippen MR) is 115 cm³/mol. The largest absolute Gasteiger partial charge is 0.452 e. The van der Waals surface area contributed by atoms with Gasteiger partial charge < -0.3 is 10.1 Å². The molecule has 0 fully saturated rings. The molecular weight excluding hydrogens is 406 g/mol. The van der Waals surface area contributed by atoms with E-state index in [1.807, 2.05) is 48.5 Å². The first-order valence-electron chi connectivity index (χ1n) is 8.75. The molecule has 29 heavy (non-hydrogen) atoms. The molecule has 0 radical (unpaired) electrons. The lowest BCUT2D eigenvalue weighted by Crippen LogP contribution is -2.21. The van der Waals surface area contributed by atoms with Crippen LogP contribution in [0.2, 0.25) is 0 Å². The zero-order valence-corrected chi connectivity index (χ0v) is 17.3. The van der Waals surface area contributed by atoms with Crippen molar-refractivity contribution < 1.29 is 18.5 Å². The van der Waals surface area contributed by atoms with Crippen molar-refractivity contribution in [1.82, 2.24) is 0 Å². The normalized spacial score (nSPS) is 11.5. The Morgan fingerprint density at radius 1 is 0.931 bits per heavy atom. The summed E-state index contributed by atoms with van der Waals surface area (Å²) in [5.74, 6) is -1.04. The molecule has 148 valence electrons. The smallest absolute Gasteiger partial charge is 0.338 e. The number of nitrogens with one attached hydrogen (secondary N) is 1. The van der Waals surface area contributed by atoms with Crippen LogP contribution in [0.25, 0.3) is 0 Å². The van der Waals surface area contributed by atoms with Crippen molar-refractivity contribution in [2.75, 3.05) is 18.2 Å². The number of anilines is 1. The third kappa shape index (κ3) is 6.04. The van der Waals surface area contributed by atoms with E-state index >= 15 is 0 Å². The first-order valence-corrected chi connectivity index (χ1v) is 11.1. The minimum absolute atomic E-state index is 0.298. The molecule has 3 aromatic rings. The van der Waals surface area contributed by atoms with E-state index in [0.29, 0.717) is 16.1 Å². The molecule has 1 atom stereocenters. The zero-order valence-electron chi connectivity index (χ0n) is 15.7. The van der Waals surface area contributed by atoms with Gasteiger partial charge in [-0.3, -0.25) is 9.00 Å². The lowest BCUT2D eigenvalue weighted by atomic mass is 10.2. The summed E-state index contributed by atoms with van der Waals surface area (Å²) < 4.78 is 16.5. The molecule has 7 heteroatoms. The average molecular weight is 426 g/mol. The van der Waals surface area contributed by atoms with Crippen molar-refractivity contribution in [3.8, 4) is 0 Å². The van der Waals surface area contributed by atoms with E-state index < -0.39 is 29.3 Å². The predicted octanol–water partition coefficient (Wildman–Crippen LogP) is 4.37. The van der Waals surface area contributed by atoms with Crippen LogP contribution in [0, 0.1) is 0 Å². The first kappa shape index (κ1) is 20.8. The molecule has 1 N–H and O–H groups in total. The molecular formula is C22H19NO4S2. The average Bonchev–Trinajstić information content (AvgIpc) is 2.74. The highest BCUT2D eigenvalue weighted by atomic mass is 32.2. The van der Waals surface area contributed by atoms with E-state index in [4.69, 9.17) is 4.74 Å². The SMILES string of the molecule is CS(=O)c1ccc(C(=O)OCC(=O)Nc2ccccc2Sc2ccccc2)cc1. The molecule has 5 nitrogen and oxygen atoms in total.